The lowest BCUT2D eigenvalue weighted by Crippen LogP contribution is -2.46. The molecule has 4 amide bonds. The summed E-state index contributed by atoms with van der Waals surface area (Å²) in [6.45, 7) is 9.65. The summed E-state index contributed by atoms with van der Waals surface area (Å²) >= 11 is 0. The summed E-state index contributed by atoms with van der Waals surface area (Å²) < 4.78 is 0. The molecule has 0 radical (unpaired) electrons. The van der Waals surface area contributed by atoms with Crippen molar-refractivity contribution in [2.45, 2.75) is 52.6 Å². The van der Waals surface area contributed by atoms with Crippen molar-refractivity contribution >= 4 is 17.8 Å². The van der Waals surface area contributed by atoms with Gasteiger partial charge < -0.3 is 10.6 Å². The SMILES string of the molecule is Cc1ccc(C(C)NC(=O)CN2C(=O)NC(CC(C)C)(c3ccccc3)C2=O)cc1C. The maximum absolute atomic E-state index is 13.4. The van der Waals surface area contributed by atoms with Crippen LogP contribution < -0.4 is 10.6 Å². The van der Waals surface area contributed by atoms with Crippen molar-refractivity contribution in [1.29, 1.82) is 0 Å². The first-order valence-electron chi connectivity index (χ1n) is 10.7. The molecule has 2 unspecified atom stereocenters. The van der Waals surface area contributed by atoms with E-state index in [0.717, 1.165) is 21.6 Å². The zero-order valence-corrected chi connectivity index (χ0v) is 18.9. The van der Waals surface area contributed by atoms with E-state index in [0.29, 0.717) is 6.42 Å². The van der Waals surface area contributed by atoms with Crippen molar-refractivity contribution in [3.05, 3.63) is 70.8 Å². The van der Waals surface area contributed by atoms with Gasteiger partial charge in [-0.3, -0.25) is 14.5 Å². The van der Waals surface area contributed by atoms with Gasteiger partial charge in [0.05, 0.1) is 6.04 Å². The predicted octanol–water partition coefficient (Wildman–Crippen LogP) is 3.97. The third-order valence-corrected chi connectivity index (χ3v) is 5.87. The van der Waals surface area contributed by atoms with E-state index in [1.54, 1.807) is 0 Å². The summed E-state index contributed by atoms with van der Waals surface area (Å²) in [4.78, 5) is 39.9. The minimum atomic E-state index is -1.15. The molecule has 0 bridgehead atoms. The minimum Gasteiger partial charge on any atom is -0.348 e. The van der Waals surface area contributed by atoms with Crippen molar-refractivity contribution in [2.75, 3.05) is 6.54 Å². The van der Waals surface area contributed by atoms with Crippen molar-refractivity contribution in [3.63, 3.8) is 0 Å². The molecule has 6 nitrogen and oxygen atoms in total. The van der Waals surface area contributed by atoms with Crippen molar-refractivity contribution in [3.8, 4) is 0 Å². The molecule has 2 aromatic rings. The number of hydrogen-bond donors (Lipinski definition) is 2. The smallest absolute Gasteiger partial charge is 0.325 e. The molecule has 2 N–H and O–H groups in total. The topological polar surface area (TPSA) is 78.5 Å². The van der Waals surface area contributed by atoms with Gasteiger partial charge in [-0.05, 0) is 55.4 Å². The largest absolute Gasteiger partial charge is 0.348 e. The van der Waals surface area contributed by atoms with Gasteiger partial charge >= 0.3 is 6.03 Å². The Labute approximate surface area is 184 Å². The summed E-state index contributed by atoms with van der Waals surface area (Å²) in [5, 5.41) is 5.78. The Morgan fingerprint density at radius 1 is 1.03 bits per heavy atom. The van der Waals surface area contributed by atoms with Gasteiger partial charge in [0.1, 0.15) is 12.1 Å². The van der Waals surface area contributed by atoms with Crippen molar-refractivity contribution in [1.82, 2.24) is 15.5 Å². The molecule has 3 rings (SSSR count). The summed E-state index contributed by atoms with van der Waals surface area (Å²) in [5.41, 5.74) is 2.89. The van der Waals surface area contributed by atoms with Crippen LogP contribution in [0.15, 0.2) is 48.5 Å². The molecule has 2 aromatic carbocycles. The number of nitrogens with one attached hydrogen (secondary N) is 2. The van der Waals surface area contributed by atoms with Crippen molar-refractivity contribution < 1.29 is 14.4 Å². The number of aryl methyl sites for hydroxylation is 2. The average Bonchev–Trinajstić information content (AvgIpc) is 2.95. The molecule has 0 aliphatic carbocycles. The van der Waals surface area contributed by atoms with Crippen LogP contribution in [-0.4, -0.2) is 29.3 Å². The van der Waals surface area contributed by atoms with E-state index in [-0.39, 0.29) is 30.3 Å². The van der Waals surface area contributed by atoms with Crippen LogP contribution in [0.4, 0.5) is 4.79 Å². The van der Waals surface area contributed by atoms with Gasteiger partial charge in [0, 0.05) is 0 Å². The van der Waals surface area contributed by atoms with Crippen LogP contribution in [-0.2, 0) is 15.1 Å². The Balaban J connectivity index is 1.76. The molecule has 31 heavy (non-hydrogen) atoms. The maximum atomic E-state index is 13.4. The predicted molar refractivity (Wildman–Crippen MR) is 120 cm³/mol. The van der Waals surface area contributed by atoms with Gasteiger partial charge in [0.25, 0.3) is 5.91 Å². The number of urea groups is 1. The van der Waals surface area contributed by atoms with E-state index in [4.69, 9.17) is 0 Å². The quantitative estimate of drug-likeness (QED) is 0.664. The second-order valence-electron chi connectivity index (χ2n) is 8.82. The van der Waals surface area contributed by atoms with Crippen molar-refractivity contribution in [2.24, 2.45) is 5.92 Å². The Hall–Kier alpha value is -3.15. The first-order chi connectivity index (χ1) is 14.6. The lowest BCUT2D eigenvalue weighted by molar-refractivity contribution is -0.135. The third kappa shape index (κ3) is 4.63. The molecule has 1 fully saturated rings. The highest BCUT2D eigenvalue weighted by Crippen LogP contribution is 2.35. The third-order valence-electron chi connectivity index (χ3n) is 5.87. The molecule has 164 valence electrons. The molecule has 6 heteroatoms. The number of benzene rings is 2. The summed E-state index contributed by atoms with van der Waals surface area (Å²) in [6.07, 6.45) is 0.457. The van der Waals surface area contributed by atoms with E-state index >= 15 is 0 Å². The van der Waals surface area contributed by atoms with E-state index in [2.05, 4.69) is 10.6 Å². The second-order valence-corrected chi connectivity index (χ2v) is 8.82. The van der Waals surface area contributed by atoms with Crippen LogP contribution in [0.3, 0.4) is 0 Å². The van der Waals surface area contributed by atoms with E-state index < -0.39 is 11.6 Å². The molecule has 2 atom stereocenters. The fraction of sp³-hybridized carbons (Fsp3) is 0.400. The molecule has 1 aliphatic heterocycles. The van der Waals surface area contributed by atoms with Gasteiger partial charge in [0.15, 0.2) is 0 Å². The monoisotopic (exact) mass is 421 g/mol. The Morgan fingerprint density at radius 2 is 1.71 bits per heavy atom. The first-order valence-corrected chi connectivity index (χ1v) is 10.7. The molecule has 0 saturated carbocycles. The highest BCUT2D eigenvalue weighted by atomic mass is 16.2. The molecule has 0 spiro atoms. The average molecular weight is 422 g/mol. The summed E-state index contributed by atoms with van der Waals surface area (Å²) in [5.74, 6) is -0.586. The van der Waals surface area contributed by atoms with Gasteiger partial charge in [0.2, 0.25) is 5.91 Å². The summed E-state index contributed by atoms with van der Waals surface area (Å²) in [7, 11) is 0. The Bertz CT molecular complexity index is 987. The number of imide groups is 1. The highest BCUT2D eigenvalue weighted by molar-refractivity contribution is 6.09. The number of amides is 4. The van der Waals surface area contributed by atoms with Crippen LogP contribution in [0.1, 0.15) is 55.5 Å². The maximum Gasteiger partial charge on any atom is 0.325 e. The number of carbonyl (C=O) groups excluding carboxylic acids is 3. The number of rotatable bonds is 7. The van der Waals surface area contributed by atoms with Crippen LogP contribution in [0.2, 0.25) is 0 Å². The molecule has 1 saturated heterocycles. The Kier molecular flexibility index (Phi) is 6.48. The zero-order chi connectivity index (χ0) is 22.8. The zero-order valence-electron chi connectivity index (χ0n) is 18.9. The van der Waals surface area contributed by atoms with Gasteiger partial charge in [-0.25, -0.2) is 4.79 Å². The fourth-order valence-corrected chi connectivity index (χ4v) is 4.10. The molecule has 1 aliphatic rings. The van der Waals surface area contributed by atoms with Gasteiger partial charge in [-0.2, -0.15) is 0 Å². The second kappa shape index (κ2) is 8.92. The first kappa shape index (κ1) is 22.5. The van der Waals surface area contributed by atoms with E-state index in [1.165, 1.54) is 5.56 Å². The number of nitrogens with zero attached hydrogens (tertiary/aromatic N) is 1. The Morgan fingerprint density at radius 3 is 2.32 bits per heavy atom. The van der Waals surface area contributed by atoms with E-state index in [9.17, 15) is 14.4 Å². The summed E-state index contributed by atoms with van der Waals surface area (Å²) in [6, 6.07) is 14.5. The lowest BCUT2D eigenvalue weighted by Gasteiger charge is -2.29. The van der Waals surface area contributed by atoms with Crippen LogP contribution in [0, 0.1) is 19.8 Å². The van der Waals surface area contributed by atoms with Crippen LogP contribution >= 0.6 is 0 Å². The van der Waals surface area contributed by atoms with Crippen LogP contribution in [0.25, 0.3) is 0 Å². The molecular weight excluding hydrogens is 390 g/mol. The number of carbonyl (C=O) groups is 3. The standard InChI is InChI=1S/C25H31N3O3/c1-16(2)14-25(21-9-7-6-8-10-21)23(30)28(24(31)27-25)15-22(29)26-19(5)20-12-11-17(3)18(4)13-20/h6-13,16,19H,14-15H2,1-5H3,(H,26,29)(H,27,31). The lowest BCUT2D eigenvalue weighted by atomic mass is 9.82. The molecular formula is C25H31N3O3. The van der Waals surface area contributed by atoms with Crippen LogP contribution in [0.5, 0.6) is 0 Å². The van der Waals surface area contributed by atoms with Gasteiger partial charge in [-0.15, -0.1) is 0 Å². The van der Waals surface area contributed by atoms with E-state index in [1.807, 2.05) is 83.1 Å². The molecule has 1 heterocycles. The molecule has 0 aromatic heterocycles. The minimum absolute atomic E-state index is 0.169. The number of hydrogen-bond acceptors (Lipinski definition) is 3. The van der Waals surface area contributed by atoms with Gasteiger partial charge in [-0.1, -0.05) is 62.4 Å². The highest BCUT2D eigenvalue weighted by Gasteiger charge is 2.52. The fourth-order valence-electron chi connectivity index (χ4n) is 4.10. The normalized spacial score (nSPS) is 19.5.